The molecule has 1 aromatic carbocycles. The summed E-state index contributed by atoms with van der Waals surface area (Å²) in [7, 11) is 0. The van der Waals surface area contributed by atoms with E-state index >= 15 is 0 Å². The van der Waals surface area contributed by atoms with E-state index in [0.29, 0.717) is 0 Å². The third-order valence-electron chi connectivity index (χ3n) is 3.53. The fourth-order valence-corrected chi connectivity index (χ4v) is 2.34. The number of nitrogens with zero attached hydrogens (tertiary/aromatic N) is 4. The van der Waals surface area contributed by atoms with E-state index in [-0.39, 0.29) is 19.8 Å². The molecule has 0 aliphatic carbocycles. The van der Waals surface area contributed by atoms with Crippen molar-refractivity contribution >= 4 is 29.4 Å². The zero-order valence-electron chi connectivity index (χ0n) is 15.7. The van der Waals surface area contributed by atoms with Crippen molar-refractivity contribution in [1.82, 2.24) is 9.55 Å². The number of hydrogen-bond donors (Lipinski definition) is 0. The van der Waals surface area contributed by atoms with Crippen molar-refractivity contribution in [2.45, 2.75) is 20.4 Å². The summed E-state index contributed by atoms with van der Waals surface area (Å²) in [4.78, 5) is 54.2. The van der Waals surface area contributed by atoms with Gasteiger partial charge in [-0.25, -0.2) is 19.1 Å². The summed E-state index contributed by atoms with van der Waals surface area (Å²) >= 11 is 0. The van der Waals surface area contributed by atoms with E-state index in [2.05, 4.69) is 19.5 Å². The Bertz CT molecular complexity index is 930. The van der Waals surface area contributed by atoms with E-state index in [9.17, 15) is 24.5 Å². The van der Waals surface area contributed by atoms with Crippen LogP contribution in [-0.2, 0) is 25.6 Å². The number of carbonyl (C=O) groups excluding carboxylic acids is 3. The fourth-order valence-electron chi connectivity index (χ4n) is 2.34. The zero-order chi connectivity index (χ0) is 21.4. The number of esters is 2. The third kappa shape index (κ3) is 5.31. The number of aliphatic imine (C=N–C) groups is 1. The number of hydrogen-bond acceptors (Lipinski definition) is 8. The fraction of sp³-hybridized carbons (Fsp3) is 0.278. The molecular weight excluding hydrogens is 384 g/mol. The lowest BCUT2D eigenvalue weighted by Gasteiger charge is -2.05. The number of carbonyl (C=O) groups is 3. The van der Waals surface area contributed by atoms with Crippen LogP contribution in [0.3, 0.4) is 0 Å². The van der Waals surface area contributed by atoms with Gasteiger partial charge in [0.15, 0.2) is 6.33 Å². The predicted octanol–water partition coefficient (Wildman–Crippen LogP) is 1.55. The smallest absolute Gasteiger partial charge is 0.364 e. The summed E-state index contributed by atoms with van der Waals surface area (Å²) in [6.07, 6.45) is 1.11. The Kier molecular flexibility index (Phi) is 7.29. The standard InChI is InChI=1S/C18H18N4O7/c1-3-28-17(24)14(18(25)29-4-2)20-15(23)13-16(22(26)27)21(11-19-13)10-12-8-6-5-7-9-12/h5-9,11H,3-4,10H2,1-2H3. The molecule has 11 nitrogen and oxygen atoms in total. The van der Waals surface area contributed by atoms with Gasteiger partial charge in [-0.05, 0) is 24.3 Å². The van der Waals surface area contributed by atoms with Crippen LogP contribution in [-0.4, -0.2) is 51.2 Å². The van der Waals surface area contributed by atoms with Crippen LogP contribution < -0.4 is 0 Å². The van der Waals surface area contributed by atoms with Crippen LogP contribution >= 0.6 is 0 Å². The van der Waals surface area contributed by atoms with Crippen LogP contribution in [0.2, 0.25) is 0 Å². The van der Waals surface area contributed by atoms with Crippen molar-refractivity contribution in [3.63, 3.8) is 0 Å². The molecule has 2 aromatic rings. The van der Waals surface area contributed by atoms with Crippen LogP contribution in [0.4, 0.5) is 5.82 Å². The first kappa shape index (κ1) is 21.4. The highest BCUT2D eigenvalue weighted by atomic mass is 16.6. The van der Waals surface area contributed by atoms with Gasteiger partial charge in [-0.2, -0.15) is 4.99 Å². The van der Waals surface area contributed by atoms with Crippen molar-refractivity contribution in [2.75, 3.05) is 13.2 Å². The molecule has 0 bridgehead atoms. The maximum atomic E-state index is 12.5. The van der Waals surface area contributed by atoms with Crippen molar-refractivity contribution in [2.24, 2.45) is 4.99 Å². The molecular formula is C18H18N4O7. The molecule has 0 aliphatic heterocycles. The Labute approximate surface area is 165 Å². The quantitative estimate of drug-likeness (QED) is 0.213. The molecule has 152 valence electrons. The van der Waals surface area contributed by atoms with Crippen molar-refractivity contribution in [1.29, 1.82) is 0 Å². The molecule has 0 unspecified atom stereocenters. The Balaban J connectivity index is 2.42. The molecule has 11 heteroatoms. The van der Waals surface area contributed by atoms with Gasteiger partial charge in [0.05, 0.1) is 13.2 Å². The van der Waals surface area contributed by atoms with Gasteiger partial charge in [0.25, 0.3) is 0 Å². The molecule has 0 atom stereocenters. The second-order valence-electron chi connectivity index (χ2n) is 5.49. The average Bonchev–Trinajstić information content (AvgIpc) is 3.11. The normalized spacial score (nSPS) is 10.1. The van der Waals surface area contributed by atoms with Crippen molar-refractivity contribution < 1.29 is 28.8 Å². The predicted molar refractivity (Wildman–Crippen MR) is 99.5 cm³/mol. The number of ether oxygens (including phenoxy) is 2. The van der Waals surface area contributed by atoms with Crippen LogP contribution in [0.1, 0.15) is 29.9 Å². The monoisotopic (exact) mass is 402 g/mol. The van der Waals surface area contributed by atoms with E-state index in [1.807, 2.05) is 0 Å². The summed E-state index contributed by atoms with van der Waals surface area (Å²) in [6.45, 7) is 2.94. The van der Waals surface area contributed by atoms with Crippen LogP contribution in [0.25, 0.3) is 0 Å². The molecule has 1 aromatic heterocycles. The first-order chi connectivity index (χ1) is 13.9. The van der Waals surface area contributed by atoms with Gasteiger partial charge in [0, 0.05) is 0 Å². The number of rotatable bonds is 8. The van der Waals surface area contributed by atoms with Gasteiger partial charge in [-0.15, -0.1) is 0 Å². The van der Waals surface area contributed by atoms with E-state index in [1.54, 1.807) is 30.3 Å². The van der Waals surface area contributed by atoms with Gasteiger partial charge < -0.3 is 19.6 Å². The maximum absolute atomic E-state index is 12.5. The number of imidazole rings is 1. The minimum absolute atomic E-state index is 0.0721. The number of aromatic nitrogens is 2. The lowest BCUT2D eigenvalue weighted by Crippen LogP contribution is -2.29. The molecule has 1 heterocycles. The highest BCUT2D eigenvalue weighted by Gasteiger charge is 2.31. The van der Waals surface area contributed by atoms with Gasteiger partial charge in [-0.1, -0.05) is 30.3 Å². The molecule has 29 heavy (non-hydrogen) atoms. The SMILES string of the molecule is CCOC(=O)C(=NC(=O)c1ncn(Cc2ccccc2)c1[N+](=O)[O-])C(=O)OCC. The molecule has 0 saturated carbocycles. The molecule has 0 radical (unpaired) electrons. The maximum Gasteiger partial charge on any atom is 0.364 e. The lowest BCUT2D eigenvalue weighted by atomic mass is 10.2. The van der Waals surface area contributed by atoms with Crippen LogP contribution in [0.15, 0.2) is 41.7 Å². The number of benzene rings is 1. The number of nitro groups is 1. The molecule has 0 N–H and O–H groups in total. The Morgan fingerprint density at radius 2 is 1.69 bits per heavy atom. The van der Waals surface area contributed by atoms with Crippen LogP contribution in [0.5, 0.6) is 0 Å². The summed E-state index contributed by atoms with van der Waals surface area (Å²) in [5.74, 6) is -4.20. The van der Waals surface area contributed by atoms with Gasteiger partial charge in [0.2, 0.25) is 11.4 Å². The van der Waals surface area contributed by atoms with Gasteiger partial charge in [-0.3, -0.25) is 4.79 Å². The Hall–Kier alpha value is -3.89. The first-order valence-corrected chi connectivity index (χ1v) is 8.59. The van der Waals surface area contributed by atoms with Crippen molar-refractivity contribution in [3.05, 3.63) is 58.0 Å². The zero-order valence-corrected chi connectivity index (χ0v) is 15.7. The minimum atomic E-state index is -1.24. The Morgan fingerprint density at radius 3 is 2.21 bits per heavy atom. The average molecular weight is 402 g/mol. The van der Waals surface area contributed by atoms with E-state index < -0.39 is 40.0 Å². The number of amides is 1. The minimum Gasteiger partial charge on any atom is -0.461 e. The van der Waals surface area contributed by atoms with Gasteiger partial charge in [0.1, 0.15) is 6.54 Å². The van der Waals surface area contributed by atoms with Gasteiger partial charge >= 0.3 is 23.7 Å². The molecule has 0 spiro atoms. The topological polar surface area (TPSA) is 143 Å². The highest BCUT2D eigenvalue weighted by molar-refractivity contribution is 6.63. The molecule has 2 rings (SSSR count). The first-order valence-electron chi connectivity index (χ1n) is 8.59. The summed E-state index contributed by atoms with van der Waals surface area (Å²) in [5.41, 5.74) is -0.781. The Morgan fingerprint density at radius 1 is 1.10 bits per heavy atom. The van der Waals surface area contributed by atoms with E-state index in [1.165, 1.54) is 13.8 Å². The summed E-state index contributed by atoms with van der Waals surface area (Å²) in [5, 5.41) is 11.5. The van der Waals surface area contributed by atoms with Crippen molar-refractivity contribution in [3.8, 4) is 0 Å². The summed E-state index contributed by atoms with van der Waals surface area (Å²) in [6, 6.07) is 8.83. The lowest BCUT2D eigenvalue weighted by molar-refractivity contribution is -0.392. The molecule has 0 fully saturated rings. The molecule has 0 saturated heterocycles. The highest BCUT2D eigenvalue weighted by Crippen LogP contribution is 2.20. The van der Waals surface area contributed by atoms with E-state index in [0.717, 1.165) is 16.5 Å². The second kappa shape index (κ2) is 9.88. The molecule has 0 aliphatic rings. The second-order valence-corrected chi connectivity index (χ2v) is 5.49. The van der Waals surface area contributed by atoms with Crippen LogP contribution in [0, 0.1) is 10.1 Å². The molecule has 1 amide bonds. The summed E-state index contributed by atoms with van der Waals surface area (Å²) < 4.78 is 10.5. The third-order valence-corrected chi connectivity index (χ3v) is 3.53. The largest absolute Gasteiger partial charge is 0.461 e. The van der Waals surface area contributed by atoms with E-state index in [4.69, 9.17) is 0 Å².